The summed E-state index contributed by atoms with van der Waals surface area (Å²) in [4.78, 5) is 25.1. The predicted molar refractivity (Wildman–Crippen MR) is 112 cm³/mol. The lowest BCUT2D eigenvalue weighted by Gasteiger charge is -2.22. The van der Waals surface area contributed by atoms with Gasteiger partial charge in [0.2, 0.25) is 0 Å². The summed E-state index contributed by atoms with van der Waals surface area (Å²) < 4.78 is 10.9. The van der Waals surface area contributed by atoms with Gasteiger partial charge in [-0.05, 0) is 61.9 Å². The zero-order valence-corrected chi connectivity index (χ0v) is 17.0. The summed E-state index contributed by atoms with van der Waals surface area (Å²) >= 11 is 0. The zero-order valence-electron chi connectivity index (χ0n) is 17.0. The number of amides is 2. The van der Waals surface area contributed by atoms with Crippen molar-refractivity contribution in [2.75, 3.05) is 25.6 Å². The fraction of sp³-hybridized carbons (Fsp3) is 0.391. The van der Waals surface area contributed by atoms with Crippen LogP contribution >= 0.6 is 0 Å². The molecule has 29 heavy (non-hydrogen) atoms. The van der Waals surface area contributed by atoms with E-state index >= 15 is 0 Å². The fourth-order valence-electron chi connectivity index (χ4n) is 3.49. The van der Waals surface area contributed by atoms with Crippen molar-refractivity contribution in [3.05, 3.63) is 59.2 Å². The largest absolute Gasteiger partial charge is 0.481 e. The van der Waals surface area contributed by atoms with Gasteiger partial charge >= 0.3 is 0 Å². The summed E-state index contributed by atoms with van der Waals surface area (Å²) in [6.07, 6.45) is 3.67. The monoisotopic (exact) mass is 396 g/mol. The highest BCUT2D eigenvalue weighted by molar-refractivity contribution is 6.04. The Bertz CT molecular complexity index is 866. The maximum Gasteiger partial charge on any atom is 0.265 e. The van der Waals surface area contributed by atoms with Gasteiger partial charge < -0.3 is 20.1 Å². The van der Waals surface area contributed by atoms with Crippen molar-refractivity contribution in [3.8, 4) is 5.75 Å². The second-order valence-corrected chi connectivity index (χ2v) is 7.14. The topological polar surface area (TPSA) is 76.7 Å². The highest BCUT2D eigenvalue weighted by Crippen LogP contribution is 2.30. The quantitative estimate of drug-likeness (QED) is 0.671. The summed E-state index contributed by atoms with van der Waals surface area (Å²) in [5.41, 5.74) is 3.37. The van der Waals surface area contributed by atoms with Gasteiger partial charge in [-0.25, -0.2) is 0 Å². The van der Waals surface area contributed by atoms with Crippen LogP contribution in [0.4, 0.5) is 5.69 Å². The third-order valence-electron chi connectivity index (χ3n) is 5.05. The molecule has 3 rings (SSSR count). The minimum Gasteiger partial charge on any atom is -0.481 e. The van der Waals surface area contributed by atoms with Gasteiger partial charge in [-0.2, -0.15) is 0 Å². The third-order valence-corrected chi connectivity index (χ3v) is 5.05. The van der Waals surface area contributed by atoms with Crippen molar-refractivity contribution < 1.29 is 19.1 Å². The SMILES string of the molecule is COCCNC(=O)c1ccccc1NC(=O)[C@H](C)Oc1cccc2c1CCCC2. The predicted octanol–water partition coefficient (Wildman–Crippen LogP) is 3.35. The van der Waals surface area contributed by atoms with E-state index in [1.807, 2.05) is 12.1 Å². The fourth-order valence-corrected chi connectivity index (χ4v) is 3.49. The van der Waals surface area contributed by atoms with Crippen molar-refractivity contribution >= 4 is 17.5 Å². The number of anilines is 1. The van der Waals surface area contributed by atoms with Crippen molar-refractivity contribution in [2.45, 2.75) is 38.7 Å². The van der Waals surface area contributed by atoms with E-state index in [4.69, 9.17) is 9.47 Å². The Balaban J connectivity index is 1.67. The molecule has 0 aliphatic heterocycles. The number of benzene rings is 2. The average molecular weight is 396 g/mol. The maximum atomic E-state index is 12.7. The molecule has 0 heterocycles. The molecule has 0 spiro atoms. The van der Waals surface area contributed by atoms with Crippen LogP contribution in [0.25, 0.3) is 0 Å². The summed E-state index contributed by atoms with van der Waals surface area (Å²) in [6, 6.07) is 13.0. The van der Waals surface area contributed by atoms with Crippen LogP contribution in [0.15, 0.2) is 42.5 Å². The minimum atomic E-state index is -0.687. The van der Waals surface area contributed by atoms with Gasteiger partial charge in [-0.3, -0.25) is 9.59 Å². The van der Waals surface area contributed by atoms with Crippen LogP contribution < -0.4 is 15.4 Å². The van der Waals surface area contributed by atoms with Crippen LogP contribution in [0.3, 0.4) is 0 Å². The lowest BCUT2D eigenvalue weighted by molar-refractivity contribution is -0.122. The minimum absolute atomic E-state index is 0.261. The number of carbonyl (C=O) groups excluding carboxylic acids is 2. The molecule has 0 radical (unpaired) electrons. The van der Waals surface area contributed by atoms with Gasteiger partial charge in [-0.15, -0.1) is 0 Å². The van der Waals surface area contributed by atoms with E-state index in [1.165, 1.54) is 17.5 Å². The van der Waals surface area contributed by atoms with E-state index in [0.29, 0.717) is 24.4 Å². The van der Waals surface area contributed by atoms with Gasteiger partial charge in [0.25, 0.3) is 11.8 Å². The van der Waals surface area contributed by atoms with E-state index in [1.54, 1.807) is 38.3 Å². The van der Waals surface area contributed by atoms with Gasteiger partial charge in [0.1, 0.15) is 5.75 Å². The Morgan fingerprint density at radius 2 is 1.86 bits per heavy atom. The Labute approximate surface area is 171 Å². The number of aryl methyl sites for hydroxylation is 1. The number of nitrogens with one attached hydrogen (secondary N) is 2. The number of carbonyl (C=O) groups is 2. The second-order valence-electron chi connectivity index (χ2n) is 7.14. The molecule has 0 saturated heterocycles. The molecule has 6 heteroatoms. The maximum absolute atomic E-state index is 12.7. The van der Waals surface area contributed by atoms with Crippen molar-refractivity contribution in [1.82, 2.24) is 5.32 Å². The average Bonchev–Trinajstić information content (AvgIpc) is 2.74. The molecule has 0 fully saturated rings. The van der Waals surface area contributed by atoms with E-state index in [-0.39, 0.29) is 11.8 Å². The van der Waals surface area contributed by atoms with E-state index in [2.05, 4.69) is 16.7 Å². The Kier molecular flexibility index (Phi) is 7.25. The molecule has 154 valence electrons. The molecule has 1 atom stereocenters. The summed E-state index contributed by atoms with van der Waals surface area (Å²) in [5.74, 6) is 0.217. The first-order valence-electron chi connectivity index (χ1n) is 10.0. The van der Waals surface area contributed by atoms with Crippen LogP contribution in [0, 0.1) is 0 Å². The lowest BCUT2D eigenvalue weighted by atomic mass is 9.91. The zero-order chi connectivity index (χ0) is 20.6. The normalized spacial score (nSPS) is 13.9. The molecule has 0 saturated carbocycles. The molecule has 0 aromatic heterocycles. The highest BCUT2D eigenvalue weighted by atomic mass is 16.5. The first-order valence-corrected chi connectivity index (χ1v) is 10.0. The van der Waals surface area contributed by atoms with Crippen LogP contribution in [0.1, 0.15) is 41.3 Å². The smallest absolute Gasteiger partial charge is 0.265 e. The van der Waals surface area contributed by atoms with E-state index in [9.17, 15) is 9.59 Å². The number of hydrogen-bond donors (Lipinski definition) is 2. The molecular weight excluding hydrogens is 368 g/mol. The standard InChI is InChI=1S/C23H28N2O4/c1-16(29-21-13-7-9-17-8-3-4-10-18(17)21)22(26)25-20-12-6-5-11-19(20)23(27)24-14-15-28-2/h5-7,9,11-13,16H,3-4,8,10,14-15H2,1-2H3,(H,24,27)(H,25,26)/t16-/m0/s1. The van der Waals surface area contributed by atoms with Crippen LogP contribution in [-0.4, -0.2) is 38.2 Å². The number of hydrogen-bond acceptors (Lipinski definition) is 4. The van der Waals surface area contributed by atoms with Gasteiger partial charge in [0.05, 0.1) is 17.9 Å². The van der Waals surface area contributed by atoms with Gasteiger partial charge in [-0.1, -0.05) is 24.3 Å². The molecule has 2 N–H and O–H groups in total. The lowest BCUT2D eigenvalue weighted by Crippen LogP contribution is -2.32. The first kappa shape index (κ1) is 20.9. The molecule has 1 aliphatic carbocycles. The Hall–Kier alpha value is -2.86. The number of para-hydroxylation sites is 1. The summed E-state index contributed by atoms with van der Waals surface area (Å²) in [7, 11) is 1.57. The Morgan fingerprint density at radius 1 is 1.07 bits per heavy atom. The number of fused-ring (bicyclic) bond motifs is 1. The summed E-state index contributed by atoms with van der Waals surface area (Å²) in [6.45, 7) is 2.54. The number of rotatable bonds is 8. The van der Waals surface area contributed by atoms with Crippen molar-refractivity contribution in [3.63, 3.8) is 0 Å². The molecule has 1 aliphatic rings. The van der Waals surface area contributed by atoms with Gasteiger partial charge in [0.15, 0.2) is 6.10 Å². The highest BCUT2D eigenvalue weighted by Gasteiger charge is 2.21. The van der Waals surface area contributed by atoms with Crippen LogP contribution in [-0.2, 0) is 22.4 Å². The molecule has 0 unspecified atom stereocenters. The Morgan fingerprint density at radius 3 is 2.69 bits per heavy atom. The first-order chi connectivity index (χ1) is 14.1. The van der Waals surface area contributed by atoms with Crippen LogP contribution in [0.2, 0.25) is 0 Å². The molecule has 2 aromatic carbocycles. The molecule has 0 bridgehead atoms. The van der Waals surface area contributed by atoms with Crippen molar-refractivity contribution in [1.29, 1.82) is 0 Å². The van der Waals surface area contributed by atoms with E-state index < -0.39 is 6.10 Å². The molecular formula is C23H28N2O4. The number of ether oxygens (including phenoxy) is 2. The summed E-state index contributed by atoms with van der Waals surface area (Å²) in [5, 5.41) is 5.60. The number of methoxy groups -OCH3 is 1. The molecule has 2 aromatic rings. The second kappa shape index (κ2) is 10.1. The van der Waals surface area contributed by atoms with Crippen molar-refractivity contribution in [2.24, 2.45) is 0 Å². The van der Waals surface area contributed by atoms with Crippen LogP contribution in [0.5, 0.6) is 5.75 Å². The third kappa shape index (κ3) is 5.35. The van der Waals surface area contributed by atoms with Gasteiger partial charge in [0, 0.05) is 13.7 Å². The molecule has 6 nitrogen and oxygen atoms in total. The van der Waals surface area contributed by atoms with E-state index in [0.717, 1.165) is 25.0 Å². The molecule has 2 amide bonds.